The maximum absolute atomic E-state index is 12.8. The molecule has 4 atom stereocenters. The van der Waals surface area contributed by atoms with Gasteiger partial charge in [0.2, 0.25) is 5.91 Å². The standard InChI is InChI=1S/C22H36N6O.2ClH/c1-25(2)15-21-17-9-16(20-5-3-6-22(29)28(20)21)12-26(13-17)14-18-10-19-11-23-7-4-8-27(19)24-18;;/h10,16-17,20-21,23H,3-9,11-15H2,1-2H3;2*1H/t16-,17+,20+,21+;;/m1../s1. The number of rotatable bonds is 4. The minimum absolute atomic E-state index is 0. The van der Waals surface area contributed by atoms with Gasteiger partial charge in [0.1, 0.15) is 0 Å². The highest BCUT2D eigenvalue weighted by Gasteiger charge is 2.49. The Kier molecular flexibility index (Phi) is 8.30. The van der Waals surface area contributed by atoms with Crippen molar-refractivity contribution in [1.29, 1.82) is 0 Å². The zero-order valence-electron chi connectivity index (χ0n) is 18.8. The minimum Gasteiger partial charge on any atom is -0.335 e. The van der Waals surface area contributed by atoms with Crippen LogP contribution in [0.2, 0.25) is 0 Å². The lowest BCUT2D eigenvalue weighted by Crippen LogP contribution is -2.66. The number of aryl methyl sites for hydroxylation is 1. The zero-order chi connectivity index (χ0) is 20.0. The van der Waals surface area contributed by atoms with E-state index in [1.165, 1.54) is 24.2 Å². The lowest BCUT2D eigenvalue weighted by molar-refractivity contribution is -0.153. The van der Waals surface area contributed by atoms with Gasteiger partial charge in [-0.15, -0.1) is 24.8 Å². The first-order valence-electron chi connectivity index (χ1n) is 11.5. The van der Waals surface area contributed by atoms with Gasteiger partial charge < -0.3 is 15.1 Å². The van der Waals surface area contributed by atoms with Crippen LogP contribution in [0.25, 0.3) is 0 Å². The number of carbonyl (C=O) groups excluding carboxylic acids is 1. The maximum atomic E-state index is 12.8. The largest absolute Gasteiger partial charge is 0.335 e. The Labute approximate surface area is 198 Å². The molecule has 3 fully saturated rings. The van der Waals surface area contributed by atoms with Gasteiger partial charge in [0.15, 0.2) is 0 Å². The summed E-state index contributed by atoms with van der Waals surface area (Å²) in [6.45, 7) is 7.17. The molecule has 0 radical (unpaired) electrons. The first-order valence-corrected chi connectivity index (χ1v) is 11.5. The number of likely N-dealkylation sites (tertiary alicyclic amines) is 1. The molecule has 1 aromatic rings. The van der Waals surface area contributed by atoms with Crippen LogP contribution >= 0.6 is 24.8 Å². The number of hydrogen-bond acceptors (Lipinski definition) is 5. The van der Waals surface area contributed by atoms with Gasteiger partial charge in [-0.2, -0.15) is 5.10 Å². The summed E-state index contributed by atoms with van der Waals surface area (Å²) in [6, 6.07) is 3.11. The Bertz CT molecular complexity index is 733. The molecule has 5 rings (SSSR count). The van der Waals surface area contributed by atoms with Crippen molar-refractivity contribution in [2.24, 2.45) is 11.8 Å². The molecule has 0 unspecified atom stereocenters. The average Bonchev–Trinajstić information content (AvgIpc) is 2.93. The van der Waals surface area contributed by atoms with Crippen molar-refractivity contribution in [2.75, 3.05) is 40.3 Å². The normalized spacial score (nSPS) is 30.7. The number of fused-ring (bicyclic) bond motifs is 5. The fourth-order valence-electron chi connectivity index (χ4n) is 6.34. The van der Waals surface area contributed by atoms with E-state index in [-0.39, 0.29) is 24.8 Å². The zero-order valence-corrected chi connectivity index (χ0v) is 20.5. The van der Waals surface area contributed by atoms with Gasteiger partial charge in [0.25, 0.3) is 0 Å². The van der Waals surface area contributed by atoms with Crippen LogP contribution in [0.4, 0.5) is 0 Å². The van der Waals surface area contributed by atoms with Crippen LogP contribution in [-0.2, 0) is 24.4 Å². The first kappa shape index (κ1) is 24.8. The summed E-state index contributed by atoms with van der Waals surface area (Å²) >= 11 is 0. The third-order valence-corrected chi connectivity index (χ3v) is 7.45. The van der Waals surface area contributed by atoms with Gasteiger partial charge in [-0.3, -0.25) is 14.4 Å². The van der Waals surface area contributed by atoms with Crippen LogP contribution in [-0.4, -0.2) is 82.7 Å². The van der Waals surface area contributed by atoms with Crippen molar-refractivity contribution in [3.8, 4) is 0 Å². The first-order chi connectivity index (χ1) is 14.1. The van der Waals surface area contributed by atoms with Crippen molar-refractivity contribution < 1.29 is 4.79 Å². The van der Waals surface area contributed by atoms with Gasteiger partial charge in [0.05, 0.1) is 11.4 Å². The van der Waals surface area contributed by atoms with Crippen molar-refractivity contribution in [3.05, 3.63) is 17.5 Å². The molecule has 1 N–H and O–H groups in total. The van der Waals surface area contributed by atoms with Crippen LogP contribution in [0.5, 0.6) is 0 Å². The van der Waals surface area contributed by atoms with Gasteiger partial charge in [-0.25, -0.2) is 0 Å². The molecular formula is C22H38Cl2N6O. The van der Waals surface area contributed by atoms with Crippen LogP contribution in [0.1, 0.15) is 43.5 Å². The molecule has 5 heterocycles. The van der Waals surface area contributed by atoms with Gasteiger partial charge >= 0.3 is 0 Å². The second-order valence-corrected chi connectivity index (χ2v) is 9.92. The van der Waals surface area contributed by atoms with E-state index in [0.29, 0.717) is 29.8 Å². The summed E-state index contributed by atoms with van der Waals surface area (Å²) in [7, 11) is 4.28. The topological polar surface area (TPSA) is 56.6 Å². The summed E-state index contributed by atoms with van der Waals surface area (Å²) in [4.78, 5) is 20.1. The van der Waals surface area contributed by atoms with E-state index in [0.717, 1.165) is 65.1 Å². The summed E-state index contributed by atoms with van der Waals surface area (Å²) in [5.41, 5.74) is 2.54. The maximum Gasteiger partial charge on any atom is 0.223 e. The number of nitrogens with one attached hydrogen (secondary N) is 1. The Hall–Kier alpha value is -0.860. The average molecular weight is 473 g/mol. The summed E-state index contributed by atoms with van der Waals surface area (Å²) in [6.07, 6.45) is 5.44. The van der Waals surface area contributed by atoms with Gasteiger partial charge in [-0.05, 0) is 64.2 Å². The van der Waals surface area contributed by atoms with E-state index in [2.05, 4.69) is 44.9 Å². The van der Waals surface area contributed by atoms with E-state index >= 15 is 0 Å². The third-order valence-electron chi connectivity index (χ3n) is 7.45. The molecule has 2 bridgehead atoms. The van der Waals surface area contributed by atoms with E-state index in [1.807, 2.05) is 0 Å². The molecule has 31 heavy (non-hydrogen) atoms. The molecule has 4 aliphatic rings. The SMILES string of the molecule is CN(C)C[C@H]1[C@H]2C[C@H](CN(Cc3cc4n(n3)CCCNC4)C2)[C@@H]2CCCC(=O)N21.Cl.Cl. The van der Waals surface area contributed by atoms with Crippen molar-refractivity contribution in [1.82, 2.24) is 29.8 Å². The van der Waals surface area contributed by atoms with Crippen molar-refractivity contribution >= 4 is 30.7 Å². The molecule has 9 heteroatoms. The van der Waals surface area contributed by atoms with Gasteiger partial charge in [0, 0.05) is 57.8 Å². The number of carbonyl (C=O) groups is 1. The van der Waals surface area contributed by atoms with Crippen LogP contribution in [0, 0.1) is 11.8 Å². The highest BCUT2D eigenvalue weighted by molar-refractivity contribution is 5.85. The Morgan fingerprint density at radius 2 is 2.00 bits per heavy atom. The fraction of sp³-hybridized carbons (Fsp3) is 0.818. The van der Waals surface area contributed by atoms with Crippen LogP contribution in [0.3, 0.4) is 0 Å². The molecule has 0 spiro atoms. The van der Waals surface area contributed by atoms with E-state index in [9.17, 15) is 4.79 Å². The number of aromatic nitrogens is 2. The fourth-order valence-corrected chi connectivity index (χ4v) is 6.34. The molecule has 1 aromatic heterocycles. The second kappa shape index (κ2) is 10.4. The highest BCUT2D eigenvalue weighted by atomic mass is 35.5. The number of likely N-dealkylation sites (N-methyl/N-ethyl adjacent to an activating group) is 1. The lowest BCUT2D eigenvalue weighted by Gasteiger charge is -2.57. The molecule has 4 aliphatic heterocycles. The number of amides is 1. The van der Waals surface area contributed by atoms with E-state index in [4.69, 9.17) is 5.10 Å². The number of nitrogens with zero attached hydrogens (tertiary/aromatic N) is 5. The number of piperidine rings is 3. The van der Waals surface area contributed by atoms with Crippen LogP contribution < -0.4 is 5.32 Å². The molecular weight excluding hydrogens is 435 g/mol. The summed E-state index contributed by atoms with van der Waals surface area (Å²) < 4.78 is 2.20. The molecule has 176 valence electrons. The lowest BCUT2D eigenvalue weighted by atomic mass is 9.72. The molecule has 0 aliphatic carbocycles. The Morgan fingerprint density at radius 3 is 2.81 bits per heavy atom. The summed E-state index contributed by atoms with van der Waals surface area (Å²) in [5.74, 6) is 1.61. The van der Waals surface area contributed by atoms with E-state index in [1.54, 1.807) is 0 Å². The third kappa shape index (κ3) is 5.06. The number of hydrogen-bond donors (Lipinski definition) is 1. The smallest absolute Gasteiger partial charge is 0.223 e. The molecule has 0 saturated carbocycles. The predicted molar refractivity (Wildman–Crippen MR) is 127 cm³/mol. The van der Waals surface area contributed by atoms with Gasteiger partial charge in [-0.1, -0.05) is 0 Å². The summed E-state index contributed by atoms with van der Waals surface area (Å²) in [5, 5.41) is 8.42. The monoisotopic (exact) mass is 472 g/mol. The molecule has 7 nitrogen and oxygen atoms in total. The number of halogens is 2. The molecule has 0 aromatic carbocycles. The Morgan fingerprint density at radius 1 is 1.19 bits per heavy atom. The van der Waals surface area contributed by atoms with E-state index < -0.39 is 0 Å². The van der Waals surface area contributed by atoms with Crippen LogP contribution in [0.15, 0.2) is 6.07 Å². The predicted octanol–water partition coefficient (Wildman–Crippen LogP) is 1.98. The van der Waals surface area contributed by atoms with Crippen molar-refractivity contribution in [3.63, 3.8) is 0 Å². The molecule has 3 saturated heterocycles. The second-order valence-electron chi connectivity index (χ2n) is 9.92. The Balaban J connectivity index is 0.00000136. The van der Waals surface area contributed by atoms with Crippen molar-refractivity contribution in [2.45, 2.75) is 63.8 Å². The molecule has 1 amide bonds. The minimum atomic E-state index is 0. The highest BCUT2D eigenvalue weighted by Crippen LogP contribution is 2.42. The quantitative estimate of drug-likeness (QED) is 0.725.